The molecule has 0 fully saturated rings. The molecule has 0 heterocycles. The fourth-order valence-electron chi connectivity index (χ4n) is 0.0581. The molecule has 0 saturated heterocycles. The Morgan fingerprint density at radius 2 is 2.14 bits per heavy atom. The first-order valence-electron chi connectivity index (χ1n) is 1.27. The zero-order valence-corrected chi connectivity index (χ0v) is 4.43. The van der Waals surface area contributed by atoms with Crippen LogP contribution in [0.2, 0.25) is 0 Å². The van der Waals surface area contributed by atoms with Crippen LogP contribution in [0.25, 0.3) is 0 Å². The predicted molar refractivity (Wildman–Crippen MR) is 18.8 cm³/mol. The summed E-state index contributed by atoms with van der Waals surface area (Å²) in [5.41, 5.74) is 4.42. The van der Waals surface area contributed by atoms with Gasteiger partial charge in [-0.05, 0) is 0 Å². The van der Waals surface area contributed by atoms with Crippen molar-refractivity contribution in [3.63, 3.8) is 0 Å². The molecule has 0 aliphatic heterocycles. The van der Waals surface area contributed by atoms with Gasteiger partial charge in [-0.25, -0.2) is 4.79 Å². The molecule has 0 atom stereocenters. The van der Waals surface area contributed by atoms with Crippen molar-refractivity contribution in [3.05, 3.63) is 0 Å². The van der Waals surface area contributed by atoms with E-state index in [0.717, 1.165) is 0 Å². The van der Waals surface area contributed by atoms with Crippen LogP contribution >= 0.6 is 0 Å². The summed E-state index contributed by atoms with van der Waals surface area (Å²) in [6, 6.07) is -0.829. The monoisotopic (exact) mass is 144 g/mol. The van der Waals surface area contributed by atoms with Gasteiger partial charge in [0.15, 0.2) is 0 Å². The smallest absolute Gasteiger partial charge is 0.318 e. The molecule has 0 bridgehead atoms. The number of amides is 3. The van der Waals surface area contributed by atoms with Gasteiger partial charge in [-0.15, -0.1) is 0 Å². The first-order valence-corrected chi connectivity index (χ1v) is 1.27. The van der Waals surface area contributed by atoms with Gasteiger partial charge in [-0.1, -0.05) is 0 Å². The first-order chi connectivity index (χ1) is 2.77. The Labute approximate surface area is 50.9 Å². The number of urea groups is 1. The summed E-state index contributed by atoms with van der Waals surface area (Å²) < 4.78 is 0. The minimum Gasteiger partial charge on any atom is -0.351 e. The zero-order chi connectivity index (χ0) is 4.99. The Hall–Kier alpha value is -0.541. The molecule has 0 aromatic carbocycles. The van der Waals surface area contributed by atoms with E-state index in [1.807, 2.05) is 0 Å². The molecular formula is C2H4FeN2O2. The summed E-state index contributed by atoms with van der Waals surface area (Å²) in [5, 5.41) is 1.67. The van der Waals surface area contributed by atoms with Crippen LogP contribution in [0, 0.1) is 0 Å². The van der Waals surface area contributed by atoms with Crippen molar-refractivity contribution in [2.45, 2.75) is 0 Å². The number of imide groups is 1. The second-order valence-corrected chi connectivity index (χ2v) is 0.626. The van der Waals surface area contributed by atoms with Crippen molar-refractivity contribution in [2.24, 2.45) is 5.73 Å². The van der Waals surface area contributed by atoms with E-state index >= 15 is 0 Å². The number of carbonyl (C=O) groups excluding carboxylic acids is 2. The Morgan fingerprint density at radius 1 is 1.71 bits per heavy atom. The number of rotatable bonds is 1. The van der Waals surface area contributed by atoms with Crippen molar-refractivity contribution in [1.29, 1.82) is 0 Å². The maximum absolute atomic E-state index is 9.48. The molecule has 3 N–H and O–H groups in total. The molecule has 0 aliphatic carbocycles. The fraction of sp³-hybridized carbons (Fsp3) is 0. The van der Waals surface area contributed by atoms with Crippen LogP contribution in [-0.2, 0) is 21.9 Å². The summed E-state index contributed by atoms with van der Waals surface area (Å²) in [5.74, 6) is 0. The average molecular weight is 144 g/mol. The van der Waals surface area contributed by atoms with Crippen molar-refractivity contribution >= 4 is 12.4 Å². The van der Waals surface area contributed by atoms with Crippen LogP contribution < -0.4 is 11.1 Å². The van der Waals surface area contributed by atoms with Gasteiger partial charge in [0, 0.05) is 17.1 Å². The molecule has 7 heavy (non-hydrogen) atoms. The summed E-state index contributed by atoms with van der Waals surface area (Å²) in [7, 11) is 0. The third-order valence-electron chi connectivity index (χ3n) is 0.201. The van der Waals surface area contributed by atoms with E-state index in [1.165, 1.54) is 0 Å². The summed E-state index contributed by atoms with van der Waals surface area (Å²) in [6.45, 7) is 0. The number of primary amides is 1. The fourth-order valence-corrected chi connectivity index (χ4v) is 0.0581. The Kier molecular flexibility index (Phi) is 7.55. The van der Waals surface area contributed by atoms with Crippen molar-refractivity contribution in [2.75, 3.05) is 0 Å². The summed E-state index contributed by atoms with van der Waals surface area (Å²) in [6.07, 6.45) is 0.225. The Morgan fingerprint density at radius 3 is 2.14 bits per heavy atom. The van der Waals surface area contributed by atoms with Gasteiger partial charge in [0.2, 0.25) is 6.41 Å². The van der Waals surface area contributed by atoms with Crippen LogP contribution in [0.1, 0.15) is 0 Å². The van der Waals surface area contributed by atoms with Gasteiger partial charge in [0.1, 0.15) is 0 Å². The third-order valence-corrected chi connectivity index (χ3v) is 0.201. The average Bonchev–Trinajstić information content (AvgIpc) is 1.35. The molecule has 0 unspecified atom stereocenters. The molecule has 0 aliphatic rings. The topological polar surface area (TPSA) is 72.2 Å². The van der Waals surface area contributed by atoms with Crippen LogP contribution in [0.3, 0.4) is 0 Å². The van der Waals surface area contributed by atoms with E-state index in [4.69, 9.17) is 0 Å². The molecule has 3 amide bonds. The molecule has 0 radical (unpaired) electrons. The maximum Gasteiger partial charge on any atom is 0.318 e. The standard InChI is InChI=1S/C2H4N2O2.Fe/c3-2(6)4-1-5;/h1H,(H3,3,4,5,6);. The minimum atomic E-state index is -0.829. The maximum atomic E-state index is 9.48. The van der Waals surface area contributed by atoms with Gasteiger partial charge < -0.3 is 5.73 Å². The molecule has 4 nitrogen and oxygen atoms in total. The SMILES string of the molecule is NC(=O)NC=O.[Fe]. The molecule has 0 aromatic heterocycles. The summed E-state index contributed by atoms with van der Waals surface area (Å²) in [4.78, 5) is 18.7. The van der Waals surface area contributed by atoms with Gasteiger partial charge in [0.25, 0.3) is 0 Å². The molecular weight excluding hydrogens is 140 g/mol. The van der Waals surface area contributed by atoms with E-state index in [-0.39, 0.29) is 23.5 Å². The molecule has 5 heteroatoms. The second kappa shape index (κ2) is 5.46. The quantitative estimate of drug-likeness (QED) is 0.358. The number of hydrogen-bond acceptors (Lipinski definition) is 2. The van der Waals surface area contributed by atoms with Crippen LogP contribution in [0.4, 0.5) is 4.79 Å². The normalized spacial score (nSPS) is 5.71. The van der Waals surface area contributed by atoms with Crippen molar-refractivity contribution < 1.29 is 26.7 Å². The number of carbonyl (C=O) groups is 2. The van der Waals surface area contributed by atoms with Crippen LogP contribution in [0.5, 0.6) is 0 Å². The molecule has 0 rings (SSSR count). The second-order valence-electron chi connectivity index (χ2n) is 0.626. The third kappa shape index (κ3) is 10.8. The molecule has 0 aromatic rings. The van der Waals surface area contributed by atoms with Gasteiger partial charge >= 0.3 is 6.03 Å². The van der Waals surface area contributed by atoms with E-state index in [0.29, 0.717) is 0 Å². The van der Waals surface area contributed by atoms with E-state index < -0.39 is 6.03 Å². The van der Waals surface area contributed by atoms with Crippen LogP contribution in [-0.4, -0.2) is 12.4 Å². The first kappa shape index (κ1) is 9.68. The number of hydrogen-bond donors (Lipinski definition) is 2. The summed E-state index contributed by atoms with van der Waals surface area (Å²) >= 11 is 0. The zero-order valence-electron chi connectivity index (χ0n) is 3.32. The van der Waals surface area contributed by atoms with E-state index in [2.05, 4.69) is 5.73 Å². The van der Waals surface area contributed by atoms with Gasteiger partial charge in [-0.3, -0.25) is 10.1 Å². The minimum absolute atomic E-state index is 0. The molecule has 42 valence electrons. The van der Waals surface area contributed by atoms with Crippen molar-refractivity contribution in [1.82, 2.24) is 5.32 Å². The Balaban J connectivity index is 0. The van der Waals surface area contributed by atoms with E-state index in [1.54, 1.807) is 5.32 Å². The van der Waals surface area contributed by atoms with Gasteiger partial charge in [0.05, 0.1) is 0 Å². The molecule has 0 spiro atoms. The number of nitrogens with one attached hydrogen (secondary N) is 1. The van der Waals surface area contributed by atoms with Gasteiger partial charge in [-0.2, -0.15) is 0 Å². The van der Waals surface area contributed by atoms with Crippen LogP contribution in [0.15, 0.2) is 0 Å². The van der Waals surface area contributed by atoms with E-state index in [9.17, 15) is 9.59 Å². The molecule has 0 saturated carbocycles. The van der Waals surface area contributed by atoms with Crippen molar-refractivity contribution in [3.8, 4) is 0 Å². The Bertz CT molecular complexity index is 74.1. The largest absolute Gasteiger partial charge is 0.351 e. The number of nitrogens with two attached hydrogens (primary N) is 1. The predicted octanol–water partition coefficient (Wildman–Crippen LogP) is -1.19.